The molecule has 4 nitrogen and oxygen atoms in total. The monoisotopic (exact) mass is 325 g/mol. The molecular weight excluding hydrogens is 309 g/mol. The van der Waals surface area contributed by atoms with E-state index in [1.165, 1.54) is 12.1 Å². The van der Waals surface area contributed by atoms with Crippen molar-refractivity contribution in [3.05, 3.63) is 71.2 Å². The molecule has 0 fully saturated rings. The summed E-state index contributed by atoms with van der Waals surface area (Å²) in [4.78, 5) is 16.1. The number of hydrogen-bond donors (Lipinski definition) is 0. The minimum Gasteiger partial charge on any atom is -0.497 e. The van der Waals surface area contributed by atoms with E-state index in [1.807, 2.05) is 24.3 Å². The minimum absolute atomic E-state index is 0.224. The number of cyclic esters (lactones) is 1. The van der Waals surface area contributed by atoms with E-state index in [4.69, 9.17) is 9.47 Å². The Bertz CT molecular complexity index is 810. The van der Waals surface area contributed by atoms with Gasteiger partial charge in [-0.05, 0) is 47.9 Å². The van der Waals surface area contributed by atoms with Crippen LogP contribution in [0.5, 0.6) is 5.75 Å². The van der Waals surface area contributed by atoms with Gasteiger partial charge in [-0.15, -0.1) is 0 Å². The van der Waals surface area contributed by atoms with Gasteiger partial charge in [-0.2, -0.15) is 0 Å². The molecule has 0 N–H and O–H groups in total. The van der Waals surface area contributed by atoms with Gasteiger partial charge in [0.05, 0.1) is 7.11 Å². The molecule has 0 saturated carbocycles. The molecule has 0 spiro atoms. The first kappa shape index (κ1) is 15.9. The van der Waals surface area contributed by atoms with Gasteiger partial charge in [0.2, 0.25) is 0 Å². The highest BCUT2D eigenvalue weighted by molar-refractivity contribution is 6.07. The fourth-order valence-electron chi connectivity index (χ4n) is 2.36. The minimum atomic E-state index is -0.486. The number of methoxy groups -OCH3 is 1. The Labute approximate surface area is 139 Å². The van der Waals surface area contributed by atoms with E-state index in [0.29, 0.717) is 24.3 Å². The Hall–Kier alpha value is -2.95. The van der Waals surface area contributed by atoms with Gasteiger partial charge < -0.3 is 9.47 Å². The largest absolute Gasteiger partial charge is 0.497 e. The molecule has 2 aromatic rings. The summed E-state index contributed by atoms with van der Waals surface area (Å²) < 4.78 is 23.3. The van der Waals surface area contributed by atoms with Crippen LogP contribution in [0.1, 0.15) is 17.5 Å². The number of rotatable bonds is 5. The van der Waals surface area contributed by atoms with Crippen LogP contribution in [0.2, 0.25) is 0 Å². The van der Waals surface area contributed by atoms with Crippen LogP contribution in [0.25, 0.3) is 6.08 Å². The number of carbonyl (C=O) groups excluding carboxylic acids is 1. The lowest BCUT2D eigenvalue weighted by molar-refractivity contribution is -0.130. The second-order valence-corrected chi connectivity index (χ2v) is 5.33. The molecule has 0 saturated heterocycles. The van der Waals surface area contributed by atoms with E-state index < -0.39 is 5.97 Å². The zero-order valence-corrected chi connectivity index (χ0v) is 13.2. The number of carbonyl (C=O) groups is 1. The Morgan fingerprint density at radius 3 is 2.71 bits per heavy atom. The molecule has 0 aromatic heterocycles. The molecule has 0 amide bonds. The number of benzene rings is 2. The topological polar surface area (TPSA) is 47.9 Å². The van der Waals surface area contributed by atoms with Gasteiger partial charge in [-0.1, -0.05) is 24.3 Å². The second-order valence-electron chi connectivity index (χ2n) is 5.33. The third-order valence-electron chi connectivity index (χ3n) is 3.60. The van der Waals surface area contributed by atoms with Crippen LogP contribution in [0.3, 0.4) is 0 Å². The normalized spacial score (nSPS) is 15.3. The summed E-state index contributed by atoms with van der Waals surface area (Å²) in [5, 5.41) is 0. The van der Waals surface area contributed by atoms with Gasteiger partial charge in [0.25, 0.3) is 0 Å². The van der Waals surface area contributed by atoms with E-state index in [1.54, 1.807) is 25.3 Å². The Balaban J connectivity index is 1.68. The van der Waals surface area contributed by atoms with Crippen molar-refractivity contribution in [3.8, 4) is 5.75 Å². The summed E-state index contributed by atoms with van der Waals surface area (Å²) in [5.41, 5.74) is 1.99. The van der Waals surface area contributed by atoms with Gasteiger partial charge >= 0.3 is 5.97 Å². The summed E-state index contributed by atoms with van der Waals surface area (Å²) in [6, 6.07) is 13.5. The van der Waals surface area contributed by atoms with Gasteiger partial charge in [-0.3, -0.25) is 0 Å². The first-order valence-electron chi connectivity index (χ1n) is 7.54. The molecule has 122 valence electrons. The lowest BCUT2D eigenvalue weighted by Crippen LogP contribution is -2.05. The maximum atomic E-state index is 12.9. The maximum absolute atomic E-state index is 12.9. The van der Waals surface area contributed by atoms with Gasteiger partial charge in [0.1, 0.15) is 11.6 Å². The van der Waals surface area contributed by atoms with E-state index in [-0.39, 0.29) is 11.5 Å². The molecule has 0 radical (unpaired) electrons. The van der Waals surface area contributed by atoms with Gasteiger partial charge in [-0.25, -0.2) is 14.2 Å². The smallest absolute Gasteiger partial charge is 0.363 e. The van der Waals surface area contributed by atoms with E-state index >= 15 is 0 Å². The van der Waals surface area contributed by atoms with Gasteiger partial charge in [0, 0.05) is 6.42 Å². The van der Waals surface area contributed by atoms with E-state index in [9.17, 15) is 9.18 Å². The summed E-state index contributed by atoms with van der Waals surface area (Å²) in [5.74, 6) is 0.361. The summed E-state index contributed by atoms with van der Waals surface area (Å²) in [6.45, 7) is 0. The zero-order valence-electron chi connectivity index (χ0n) is 13.2. The Kier molecular flexibility index (Phi) is 4.70. The van der Waals surface area contributed by atoms with Crippen LogP contribution in [-0.2, 0) is 16.0 Å². The molecule has 1 heterocycles. The molecule has 1 aliphatic heterocycles. The number of nitrogens with zero attached hydrogens (tertiary/aromatic N) is 1. The molecular formula is C19H16FNO3. The molecule has 1 aliphatic rings. The fourth-order valence-corrected chi connectivity index (χ4v) is 2.36. The lowest BCUT2D eigenvalue weighted by atomic mass is 10.1. The molecule has 0 aliphatic carbocycles. The number of esters is 1. The molecule has 0 unspecified atom stereocenters. The highest BCUT2D eigenvalue weighted by atomic mass is 19.1. The summed E-state index contributed by atoms with van der Waals surface area (Å²) in [7, 11) is 1.62. The van der Waals surface area contributed by atoms with Crippen LogP contribution in [0.15, 0.2) is 59.2 Å². The zero-order chi connectivity index (χ0) is 16.9. The van der Waals surface area contributed by atoms with Crippen molar-refractivity contribution < 1.29 is 18.7 Å². The van der Waals surface area contributed by atoms with E-state index in [0.717, 1.165) is 11.3 Å². The highest BCUT2D eigenvalue weighted by Crippen LogP contribution is 2.19. The van der Waals surface area contributed by atoms with Crippen LogP contribution < -0.4 is 4.74 Å². The average molecular weight is 325 g/mol. The number of aryl methyl sites for hydroxylation is 1. The van der Waals surface area contributed by atoms with Crippen LogP contribution in [0, 0.1) is 5.82 Å². The predicted octanol–water partition coefficient (Wildman–Crippen LogP) is 3.76. The molecule has 0 atom stereocenters. The first-order valence-corrected chi connectivity index (χ1v) is 7.54. The van der Waals surface area contributed by atoms with Crippen molar-refractivity contribution in [1.82, 2.24) is 0 Å². The van der Waals surface area contributed by atoms with E-state index in [2.05, 4.69) is 4.99 Å². The molecule has 0 bridgehead atoms. The van der Waals surface area contributed by atoms with Crippen molar-refractivity contribution in [3.63, 3.8) is 0 Å². The van der Waals surface area contributed by atoms with Crippen LogP contribution in [0.4, 0.5) is 4.39 Å². The fraction of sp³-hybridized carbons (Fsp3) is 0.158. The molecule has 3 rings (SSSR count). The van der Waals surface area contributed by atoms with Crippen molar-refractivity contribution in [1.29, 1.82) is 0 Å². The van der Waals surface area contributed by atoms with Crippen molar-refractivity contribution in [2.24, 2.45) is 4.99 Å². The third kappa shape index (κ3) is 3.87. The van der Waals surface area contributed by atoms with Crippen LogP contribution in [-0.4, -0.2) is 19.0 Å². The number of ether oxygens (including phenoxy) is 2. The second kappa shape index (κ2) is 7.08. The first-order chi connectivity index (χ1) is 11.6. The van der Waals surface area contributed by atoms with Crippen molar-refractivity contribution in [2.45, 2.75) is 12.8 Å². The quantitative estimate of drug-likeness (QED) is 0.621. The van der Waals surface area contributed by atoms with Crippen molar-refractivity contribution >= 4 is 17.9 Å². The maximum Gasteiger partial charge on any atom is 0.363 e. The average Bonchev–Trinajstić information content (AvgIpc) is 2.95. The highest BCUT2D eigenvalue weighted by Gasteiger charge is 2.22. The Morgan fingerprint density at radius 1 is 1.17 bits per heavy atom. The van der Waals surface area contributed by atoms with Crippen LogP contribution >= 0.6 is 0 Å². The Morgan fingerprint density at radius 2 is 1.96 bits per heavy atom. The van der Waals surface area contributed by atoms with Crippen molar-refractivity contribution in [2.75, 3.05) is 7.11 Å². The molecule has 24 heavy (non-hydrogen) atoms. The molecule has 2 aromatic carbocycles. The number of aliphatic imine (C=N–C) groups is 1. The summed E-state index contributed by atoms with van der Waals surface area (Å²) >= 11 is 0. The number of halogens is 1. The third-order valence-corrected chi connectivity index (χ3v) is 3.60. The number of hydrogen-bond acceptors (Lipinski definition) is 4. The predicted molar refractivity (Wildman–Crippen MR) is 89.2 cm³/mol. The standard InChI is InChI=1S/C19H16FNO3/c1-23-16-4-2-3-13(11-16)7-10-18-21-17(19(22)24-18)12-14-5-8-15(20)9-6-14/h2-6,8-9,11-12H,7,10H2,1H3/b17-12+. The SMILES string of the molecule is COc1cccc(CCC2=N/C(=C/c3ccc(F)cc3)C(=O)O2)c1. The van der Waals surface area contributed by atoms with Gasteiger partial charge in [0.15, 0.2) is 11.6 Å². The lowest BCUT2D eigenvalue weighted by Gasteiger charge is -2.03. The molecule has 5 heteroatoms. The summed E-state index contributed by atoms with van der Waals surface area (Å²) in [6.07, 6.45) is 2.78.